The van der Waals surface area contributed by atoms with E-state index in [0.717, 1.165) is 4.90 Å². The van der Waals surface area contributed by atoms with Crippen LogP contribution < -0.4 is 5.32 Å². The van der Waals surface area contributed by atoms with Gasteiger partial charge in [-0.2, -0.15) is 0 Å². The minimum atomic E-state index is -0.610. The second-order valence-electron chi connectivity index (χ2n) is 6.36. The van der Waals surface area contributed by atoms with Gasteiger partial charge in [-0.15, -0.1) is 11.8 Å². The SMILES string of the molecule is COC(=O)c1nc(CNC(=O)OC(C)(C)C)oc1-c1ccc(SC)cc1. The number of amides is 1. The standard InChI is InChI=1S/C18H22N2O5S/c1-18(2,3)25-17(22)19-10-13-20-14(16(21)23-4)15(24-13)11-6-8-12(26-5)9-7-11/h6-9H,10H2,1-5H3,(H,19,22). The van der Waals surface area contributed by atoms with E-state index in [0.29, 0.717) is 11.3 Å². The molecule has 2 aromatic rings. The summed E-state index contributed by atoms with van der Waals surface area (Å²) in [7, 11) is 1.27. The molecule has 0 aliphatic heterocycles. The number of hydrogen-bond acceptors (Lipinski definition) is 7. The van der Waals surface area contributed by atoms with Crippen LogP contribution in [0.5, 0.6) is 0 Å². The Balaban J connectivity index is 2.22. The topological polar surface area (TPSA) is 90.7 Å². The number of nitrogens with zero attached hydrogens (tertiary/aromatic N) is 1. The third-order valence-electron chi connectivity index (χ3n) is 3.19. The highest BCUT2D eigenvalue weighted by atomic mass is 32.2. The Kier molecular flexibility index (Phi) is 6.31. The van der Waals surface area contributed by atoms with Crippen LogP contribution in [-0.4, -0.2) is 36.0 Å². The number of benzene rings is 1. The maximum absolute atomic E-state index is 12.0. The van der Waals surface area contributed by atoms with Gasteiger partial charge in [-0.3, -0.25) is 0 Å². The first kappa shape index (κ1) is 19.8. The van der Waals surface area contributed by atoms with E-state index in [1.807, 2.05) is 30.5 Å². The molecule has 0 radical (unpaired) electrons. The smallest absolute Gasteiger partial charge is 0.408 e. The first-order valence-electron chi connectivity index (χ1n) is 7.93. The van der Waals surface area contributed by atoms with Gasteiger partial charge < -0.3 is 19.2 Å². The van der Waals surface area contributed by atoms with Crippen molar-refractivity contribution >= 4 is 23.8 Å². The molecule has 0 aliphatic rings. The van der Waals surface area contributed by atoms with E-state index in [4.69, 9.17) is 13.9 Å². The van der Waals surface area contributed by atoms with Gasteiger partial charge in [0.25, 0.3) is 0 Å². The van der Waals surface area contributed by atoms with Crippen LogP contribution in [0.1, 0.15) is 37.2 Å². The summed E-state index contributed by atoms with van der Waals surface area (Å²) in [4.78, 5) is 29.0. The van der Waals surface area contributed by atoms with Gasteiger partial charge >= 0.3 is 12.1 Å². The molecule has 1 aromatic heterocycles. The van der Waals surface area contributed by atoms with Gasteiger partial charge in [-0.1, -0.05) is 12.1 Å². The molecule has 0 saturated heterocycles. The number of hydrogen-bond donors (Lipinski definition) is 1. The Labute approximate surface area is 156 Å². The van der Waals surface area contributed by atoms with Crippen LogP contribution in [0.15, 0.2) is 33.6 Å². The molecule has 26 heavy (non-hydrogen) atoms. The Morgan fingerprint density at radius 2 is 1.88 bits per heavy atom. The molecule has 0 bridgehead atoms. The average molecular weight is 378 g/mol. The quantitative estimate of drug-likeness (QED) is 0.624. The first-order valence-corrected chi connectivity index (χ1v) is 9.15. The molecule has 8 heteroatoms. The van der Waals surface area contributed by atoms with Gasteiger partial charge in [0.15, 0.2) is 11.5 Å². The molecular weight excluding hydrogens is 356 g/mol. The van der Waals surface area contributed by atoms with Crippen molar-refractivity contribution < 1.29 is 23.5 Å². The summed E-state index contributed by atoms with van der Waals surface area (Å²) >= 11 is 1.61. The number of alkyl carbamates (subject to hydrolysis) is 1. The third kappa shape index (κ3) is 5.26. The number of nitrogens with one attached hydrogen (secondary N) is 1. The number of aromatic nitrogens is 1. The second-order valence-corrected chi connectivity index (χ2v) is 7.24. The summed E-state index contributed by atoms with van der Waals surface area (Å²) in [6, 6.07) is 7.51. The molecule has 1 heterocycles. The number of esters is 1. The van der Waals surface area contributed by atoms with Gasteiger partial charge in [-0.05, 0) is 39.2 Å². The van der Waals surface area contributed by atoms with E-state index < -0.39 is 17.7 Å². The maximum atomic E-state index is 12.0. The molecule has 7 nitrogen and oxygen atoms in total. The first-order chi connectivity index (χ1) is 12.2. The largest absolute Gasteiger partial charge is 0.464 e. The Hall–Kier alpha value is -2.48. The van der Waals surface area contributed by atoms with Crippen molar-refractivity contribution in [1.29, 1.82) is 0 Å². The second kappa shape index (κ2) is 8.27. The number of carbonyl (C=O) groups is 2. The Morgan fingerprint density at radius 1 is 1.23 bits per heavy atom. The Morgan fingerprint density at radius 3 is 2.42 bits per heavy atom. The lowest BCUT2D eigenvalue weighted by molar-refractivity contribution is 0.0518. The molecular formula is C18H22N2O5S. The summed E-state index contributed by atoms with van der Waals surface area (Å²) in [5.74, 6) is -0.132. The third-order valence-corrected chi connectivity index (χ3v) is 3.93. The van der Waals surface area contributed by atoms with Crippen molar-refractivity contribution in [2.24, 2.45) is 0 Å². The monoisotopic (exact) mass is 378 g/mol. The number of rotatable bonds is 5. The molecule has 1 N–H and O–H groups in total. The number of oxazole rings is 1. The predicted molar refractivity (Wildman–Crippen MR) is 98.1 cm³/mol. The predicted octanol–water partition coefficient (Wildman–Crippen LogP) is 3.87. The van der Waals surface area contributed by atoms with E-state index in [-0.39, 0.29) is 18.1 Å². The summed E-state index contributed by atoms with van der Waals surface area (Å²) in [5.41, 5.74) is 0.145. The molecule has 0 saturated carbocycles. The average Bonchev–Trinajstić information content (AvgIpc) is 3.02. The van der Waals surface area contributed by atoms with Crippen molar-refractivity contribution in [3.05, 3.63) is 35.9 Å². The lowest BCUT2D eigenvalue weighted by Crippen LogP contribution is -2.32. The van der Waals surface area contributed by atoms with E-state index >= 15 is 0 Å². The molecule has 0 aliphatic carbocycles. The summed E-state index contributed by atoms with van der Waals surface area (Å²) < 4.78 is 15.6. The fourth-order valence-electron chi connectivity index (χ4n) is 2.08. The van der Waals surface area contributed by atoms with E-state index in [9.17, 15) is 9.59 Å². The van der Waals surface area contributed by atoms with Crippen molar-refractivity contribution in [3.63, 3.8) is 0 Å². The van der Waals surface area contributed by atoms with Crippen LogP contribution >= 0.6 is 11.8 Å². The lowest BCUT2D eigenvalue weighted by Gasteiger charge is -2.19. The number of thioether (sulfide) groups is 1. The van der Waals surface area contributed by atoms with Crippen LogP contribution in [0.2, 0.25) is 0 Å². The number of ether oxygens (including phenoxy) is 2. The minimum Gasteiger partial charge on any atom is -0.464 e. The molecule has 1 amide bonds. The van der Waals surface area contributed by atoms with Crippen LogP contribution in [0.4, 0.5) is 4.79 Å². The van der Waals surface area contributed by atoms with Crippen LogP contribution in [0, 0.1) is 0 Å². The number of carbonyl (C=O) groups excluding carboxylic acids is 2. The van der Waals surface area contributed by atoms with Gasteiger partial charge in [-0.25, -0.2) is 14.6 Å². The molecule has 0 fully saturated rings. The molecule has 1 aromatic carbocycles. The minimum absolute atomic E-state index is 0.0121. The van der Waals surface area contributed by atoms with Crippen molar-refractivity contribution in [3.8, 4) is 11.3 Å². The lowest BCUT2D eigenvalue weighted by atomic mass is 10.1. The van der Waals surface area contributed by atoms with Crippen LogP contribution in [0.3, 0.4) is 0 Å². The highest BCUT2D eigenvalue weighted by Crippen LogP contribution is 2.27. The molecule has 140 valence electrons. The zero-order valence-electron chi connectivity index (χ0n) is 15.4. The van der Waals surface area contributed by atoms with E-state index in [2.05, 4.69) is 10.3 Å². The van der Waals surface area contributed by atoms with Gasteiger partial charge in [0.2, 0.25) is 5.89 Å². The maximum Gasteiger partial charge on any atom is 0.408 e. The summed E-state index contributed by atoms with van der Waals surface area (Å²) in [5, 5.41) is 2.55. The van der Waals surface area contributed by atoms with Gasteiger partial charge in [0.1, 0.15) is 5.60 Å². The Bertz CT molecular complexity index is 778. The number of methoxy groups -OCH3 is 1. The van der Waals surface area contributed by atoms with Crippen molar-refractivity contribution in [1.82, 2.24) is 10.3 Å². The van der Waals surface area contributed by atoms with Crippen molar-refractivity contribution in [2.75, 3.05) is 13.4 Å². The van der Waals surface area contributed by atoms with Gasteiger partial charge in [0, 0.05) is 10.5 Å². The highest BCUT2D eigenvalue weighted by Gasteiger charge is 2.23. The van der Waals surface area contributed by atoms with Gasteiger partial charge in [0.05, 0.1) is 13.7 Å². The van der Waals surface area contributed by atoms with Crippen LogP contribution in [0.25, 0.3) is 11.3 Å². The fraction of sp³-hybridized carbons (Fsp3) is 0.389. The van der Waals surface area contributed by atoms with Crippen molar-refractivity contribution in [2.45, 2.75) is 37.8 Å². The van der Waals surface area contributed by atoms with E-state index in [1.54, 1.807) is 32.5 Å². The summed E-state index contributed by atoms with van der Waals surface area (Å²) in [6.45, 7) is 5.29. The van der Waals surface area contributed by atoms with Crippen LogP contribution in [-0.2, 0) is 16.0 Å². The zero-order chi connectivity index (χ0) is 19.3. The zero-order valence-corrected chi connectivity index (χ0v) is 16.2. The van der Waals surface area contributed by atoms with E-state index in [1.165, 1.54) is 7.11 Å². The molecule has 0 unspecified atom stereocenters. The fourth-order valence-corrected chi connectivity index (χ4v) is 2.48. The molecule has 0 atom stereocenters. The molecule has 0 spiro atoms. The summed E-state index contributed by atoms with van der Waals surface area (Å²) in [6.07, 6.45) is 1.38. The normalized spacial score (nSPS) is 11.1. The molecule has 2 rings (SSSR count). The highest BCUT2D eigenvalue weighted by molar-refractivity contribution is 7.98.